The molecule has 0 spiro atoms. The number of rotatable bonds is 6. The van der Waals surface area contributed by atoms with Crippen LogP contribution in [0.4, 0.5) is 0 Å². The van der Waals surface area contributed by atoms with Gasteiger partial charge in [0.1, 0.15) is 12.1 Å². The lowest BCUT2D eigenvalue weighted by Gasteiger charge is -2.38. The van der Waals surface area contributed by atoms with Gasteiger partial charge in [0.15, 0.2) is 0 Å². The third-order valence-electron chi connectivity index (χ3n) is 5.46. The number of hydrogen-bond donors (Lipinski definition) is 1. The van der Waals surface area contributed by atoms with Crippen molar-refractivity contribution >= 4 is 5.91 Å². The van der Waals surface area contributed by atoms with Crippen molar-refractivity contribution in [2.45, 2.75) is 18.3 Å². The quantitative estimate of drug-likeness (QED) is 0.690. The van der Waals surface area contributed by atoms with Crippen molar-refractivity contribution in [2.24, 2.45) is 0 Å². The number of amides is 1. The zero-order chi connectivity index (χ0) is 20.1. The second kappa shape index (κ2) is 8.40. The minimum absolute atomic E-state index is 0.126. The Bertz CT molecular complexity index is 951. The second-order valence-electron chi connectivity index (χ2n) is 7.11. The zero-order valence-electron chi connectivity index (χ0n) is 16.2. The molecule has 8 heteroatoms. The largest absolute Gasteiger partial charge is 0.497 e. The van der Waals surface area contributed by atoms with Gasteiger partial charge in [0.05, 0.1) is 12.8 Å². The van der Waals surface area contributed by atoms with E-state index in [1.165, 1.54) is 16.6 Å². The Morgan fingerprint density at radius 3 is 2.69 bits per heavy atom. The second-order valence-corrected chi connectivity index (χ2v) is 7.11. The molecule has 1 fully saturated rings. The third kappa shape index (κ3) is 4.12. The predicted octanol–water partition coefficient (Wildman–Crippen LogP) is 2.15. The molecule has 2 heterocycles. The van der Waals surface area contributed by atoms with Crippen molar-refractivity contribution in [3.63, 3.8) is 0 Å². The van der Waals surface area contributed by atoms with Gasteiger partial charge in [0.25, 0.3) is 5.91 Å². The highest BCUT2D eigenvalue weighted by Gasteiger charge is 2.35. The van der Waals surface area contributed by atoms with Crippen LogP contribution in [-0.4, -0.2) is 53.0 Å². The number of methoxy groups -OCH3 is 1. The Hall–Kier alpha value is -3.26. The van der Waals surface area contributed by atoms with E-state index in [1.807, 2.05) is 24.3 Å². The fourth-order valence-corrected chi connectivity index (χ4v) is 3.70. The summed E-state index contributed by atoms with van der Waals surface area (Å²) < 4.78 is 12.4. The van der Waals surface area contributed by atoms with Crippen LogP contribution in [0.1, 0.15) is 28.8 Å². The molecule has 8 nitrogen and oxygen atoms in total. The predicted molar refractivity (Wildman–Crippen MR) is 106 cm³/mol. The first-order chi connectivity index (χ1) is 14.2. The number of carbonyl (C=O) groups excluding carboxylic acids is 1. The maximum absolute atomic E-state index is 12.9. The van der Waals surface area contributed by atoms with Gasteiger partial charge in [-0.15, -0.1) is 5.10 Å². The first-order valence-electron chi connectivity index (χ1n) is 9.54. The first kappa shape index (κ1) is 19.1. The Labute approximate surface area is 168 Å². The Morgan fingerprint density at radius 1 is 1.21 bits per heavy atom. The van der Waals surface area contributed by atoms with Crippen molar-refractivity contribution < 1.29 is 14.3 Å². The number of tetrazole rings is 1. The molecular weight excluding hydrogens is 370 g/mol. The molecule has 1 amide bonds. The topological polar surface area (TPSA) is 91.2 Å². The zero-order valence-corrected chi connectivity index (χ0v) is 16.2. The van der Waals surface area contributed by atoms with Gasteiger partial charge in [-0.05, 0) is 59.2 Å². The average molecular weight is 393 g/mol. The van der Waals surface area contributed by atoms with Crippen LogP contribution in [0.5, 0.6) is 5.75 Å². The SMILES string of the molecule is COc1ccc(C2(CNC(=O)c3cccc(-n4cnnn4)c3)CCOCC2)cc1. The molecule has 2 aromatic carbocycles. The number of carbonyl (C=O) groups is 1. The number of nitrogens with one attached hydrogen (secondary N) is 1. The normalized spacial score (nSPS) is 15.6. The van der Waals surface area contributed by atoms with Gasteiger partial charge >= 0.3 is 0 Å². The number of hydrogen-bond acceptors (Lipinski definition) is 6. The summed E-state index contributed by atoms with van der Waals surface area (Å²) in [7, 11) is 1.66. The highest BCUT2D eigenvalue weighted by Crippen LogP contribution is 2.35. The number of nitrogens with zero attached hydrogens (tertiary/aromatic N) is 4. The fourth-order valence-electron chi connectivity index (χ4n) is 3.70. The molecule has 0 bridgehead atoms. The molecular formula is C21H23N5O3. The van der Waals surface area contributed by atoms with Crippen molar-refractivity contribution in [1.82, 2.24) is 25.5 Å². The van der Waals surface area contributed by atoms with E-state index >= 15 is 0 Å². The standard InChI is InChI=1S/C21H23N5O3/c1-28-19-7-5-17(6-8-19)21(9-11-29-12-10-21)14-22-20(27)16-3-2-4-18(13-16)26-15-23-24-25-26/h2-8,13,15H,9-12,14H2,1H3,(H,22,27). The van der Waals surface area contributed by atoms with E-state index in [0.717, 1.165) is 24.3 Å². The monoisotopic (exact) mass is 393 g/mol. The molecule has 0 radical (unpaired) electrons. The highest BCUT2D eigenvalue weighted by atomic mass is 16.5. The summed E-state index contributed by atoms with van der Waals surface area (Å²) in [4.78, 5) is 12.9. The summed E-state index contributed by atoms with van der Waals surface area (Å²) in [6.45, 7) is 1.89. The van der Waals surface area contributed by atoms with Gasteiger partial charge in [0, 0.05) is 30.7 Å². The molecule has 1 N–H and O–H groups in total. The summed E-state index contributed by atoms with van der Waals surface area (Å²) in [5.74, 6) is 0.693. The molecule has 0 saturated carbocycles. The van der Waals surface area contributed by atoms with E-state index in [4.69, 9.17) is 9.47 Å². The maximum Gasteiger partial charge on any atom is 0.251 e. The lowest BCUT2D eigenvalue weighted by molar-refractivity contribution is 0.0487. The van der Waals surface area contributed by atoms with Gasteiger partial charge in [-0.3, -0.25) is 4.79 Å². The van der Waals surface area contributed by atoms with E-state index in [-0.39, 0.29) is 11.3 Å². The third-order valence-corrected chi connectivity index (χ3v) is 5.46. The molecule has 1 saturated heterocycles. The van der Waals surface area contributed by atoms with Gasteiger partial charge in [0.2, 0.25) is 0 Å². The van der Waals surface area contributed by atoms with Crippen molar-refractivity contribution in [3.05, 3.63) is 66.0 Å². The molecule has 3 aromatic rings. The van der Waals surface area contributed by atoms with E-state index in [2.05, 4.69) is 33.0 Å². The minimum atomic E-state index is -0.159. The molecule has 4 rings (SSSR count). The Balaban J connectivity index is 1.51. The summed E-state index contributed by atoms with van der Waals surface area (Å²) in [6.07, 6.45) is 3.20. The molecule has 0 unspecified atom stereocenters. The van der Waals surface area contributed by atoms with Crippen LogP contribution in [0.15, 0.2) is 54.9 Å². The molecule has 0 aliphatic carbocycles. The van der Waals surface area contributed by atoms with Crippen molar-refractivity contribution in [3.8, 4) is 11.4 Å². The first-order valence-corrected chi connectivity index (χ1v) is 9.54. The van der Waals surface area contributed by atoms with Gasteiger partial charge < -0.3 is 14.8 Å². The highest BCUT2D eigenvalue weighted by molar-refractivity contribution is 5.94. The average Bonchev–Trinajstić information content (AvgIpc) is 3.33. The van der Waals surface area contributed by atoms with E-state index in [9.17, 15) is 4.79 Å². The van der Waals surface area contributed by atoms with Crippen LogP contribution in [0, 0.1) is 0 Å². The molecule has 29 heavy (non-hydrogen) atoms. The Kier molecular flexibility index (Phi) is 5.53. The number of aromatic nitrogens is 4. The van der Waals surface area contributed by atoms with E-state index < -0.39 is 0 Å². The summed E-state index contributed by atoms with van der Waals surface area (Å²) in [5.41, 5.74) is 2.33. The smallest absolute Gasteiger partial charge is 0.251 e. The number of ether oxygens (including phenoxy) is 2. The van der Waals surface area contributed by atoms with Gasteiger partial charge in [-0.2, -0.15) is 0 Å². The van der Waals surface area contributed by atoms with Gasteiger partial charge in [-0.1, -0.05) is 18.2 Å². The van der Waals surface area contributed by atoms with Crippen LogP contribution in [0.25, 0.3) is 5.69 Å². The molecule has 1 aromatic heterocycles. The molecule has 1 aliphatic rings. The van der Waals surface area contributed by atoms with Crippen LogP contribution >= 0.6 is 0 Å². The van der Waals surface area contributed by atoms with Crippen LogP contribution in [0.2, 0.25) is 0 Å². The fraction of sp³-hybridized carbons (Fsp3) is 0.333. The number of benzene rings is 2. The lowest BCUT2D eigenvalue weighted by atomic mass is 9.74. The van der Waals surface area contributed by atoms with Crippen LogP contribution in [-0.2, 0) is 10.2 Å². The van der Waals surface area contributed by atoms with Gasteiger partial charge in [-0.25, -0.2) is 4.68 Å². The van der Waals surface area contributed by atoms with Crippen LogP contribution in [0.3, 0.4) is 0 Å². The van der Waals surface area contributed by atoms with E-state index in [1.54, 1.807) is 19.2 Å². The minimum Gasteiger partial charge on any atom is -0.497 e. The molecule has 150 valence electrons. The van der Waals surface area contributed by atoms with E-state index in [0.29, 0.717) is 25.3 Å². The maximum atomic E-state index is 12.9. The van der Waals surface area contributed by atoms with Crippen molar-refractivity contribution in [2.75, 3.05) is 26.9 Å². The van der Waals surface area contributed by atoms with Crippen LogP contribution < -0.4 is 10.1 Å². The summed E-state index contributed by atoms with van der Waals surface area (Å²) in [6, 6.07) is 15.3. The Morgan fingerprint density at radius 2 is 2.00 bits per heavy atom. The van der Waals surface area contributed by atoms with Crippen molar-refractivity contribution in [1.29, 1.82) is 0 Å². The lowest BCUT2D eigenvalue weighted by Crippen LogP contribution is -2.44. The summed E-state index contributed by atoms with van der Waals surface area (Å²) in [5, 5.41) is 14.3. The molecule has 0 atom stereocenters. The summed E-state index contributed by atoms with van der Waals surface area (Å²) >= 11 is 0. The molecule has 1 aliphatic heterocycles.